The van der Waals surface area contributed by atoms with E-state index in [1.54, 1.807) is 37.4 Å². The minimum atomic E-state index is -0.399. The molecule has 2 aromatic rings. The lowest BCUT2D eigenvalue weighted by Crippen LogP contribution is -2.37. The number of likely N-dealkylation sites (tertiary alicyclic amines) is 1. The molecule has 0 spiro atoms. The first-order chi connectivity index (χ1) is 14.0. The van der Waals surface area contributed by atoms with Crippen molar-refractivity contribution in [2.24, 2.45) is 5.92 Å². The normalized spacial score (nSPS) is 15.1. The molecule has 2 heterocycles. The second-order valence-electron chi connectivity index (χ2n) is 7.20. The van der Waals surface area contributed by atoms with Crippen LogP contribution in [0.2, 0.25) is 0 Å². The number of amides is 2. The average Bonchev–Trinajstić information content (AvgIpc) is 3.13. The summed E-state index contributed by atoms with van der Waals surface area (Å²) >= 11 is 1.68. The SMILES string of the molecule is CCOC(=O)N(C)c1ccc(NC(=O)C2CCN(Cc3csc(C)n3)CC2)cc1. The zero-order valence-electron chi connectivity index (χ0n) is 17.2. The van der Waals surface area contributed by atoms with Crippen LogP contribution in [-0.2, 0) is 16.1 Å². The fourth-order valence-corrected chi connectivity index (χ4v) is 4.01. The maximum atomic E-state index is 12.6. The zero-order chi connectivity index (χ0) is 20.8. The number of aryl methyl sites for hydroxylation is 1. The number of rotatable bonds is 6. The molecule has 0 radical (unpaired) electrons. The quantitative estimate of drug-likeness (QED) is 0.773. The molecule has 7 nitrogen and oxygen atoms in total. The van der Waals surface area contributed by atoms with Crippen LogP contribution in [0, 0.1) is 12.8 Å². The molecule has 1 saturated heterocycles. The fourth-order valence-electron chi connectivity index (χ4n) is 3.40. The van der Waals surface area contributed by atoms with Gasteiger partial charge < -0.3 is 10.1 Å². The molecule has 1 fully saturated rings. The number of nitrogens with one attached hydrogen (secondary N) is 1. The van der Waals surface area contributed by atoms with Crippen LogP contribution >= 0.6 is 11.3 Å². The van der Waals surface area contributed by atoms with Gasteiger partial charge in [0.05, 0.1) is 17.3 Å². The highest BCUT2D eigenvalue weighted by Gasteiger charge is 2.25. The molecule has 1 aromatic carbocycles. The Bertz CT molecular complexity index is 829. The number of piperidine rings is 1. The number of ether oxygens (including phenoxy) is 1. The summed E-state index contributed by atoms with van der Waals surface area (Å²) in [7, 11) is 1.66. The summed E-state index contributed by atoms with van der Waals surface area (Å²) in [5, 5.41) is 6.20. The minimum absolute atomic E-state index is 0.0188. The number of hydrogen-bond donors (Lipinski definition) is 1. The predicted octanol–water partition coefficient (Wildman–Crippen LogP) is 3.89. The zero-order valence-corrected chi connectivity index (χ0v) is 18.0. The lowest BCUT2D eigenvalue weighted by molar-refractivity contribution is -0.121. The summed E-state index contributed by atoms with van der Waals surface area (Å²) in [5.41, 5.74) is 2.56. The van der Waals surface area contributed by atoms with Gasteiger partial charge in [0.15, 0.2) is 0 Å². The molecule has 0 unspecified atom stereocenters. The number of carbonyl (C=O) groups is 2. The van der Waals surface area contributed by atoms with Gasteiger partial charge in [-0.25, -0.2) is 9.78 Å². The van der Waals surface area contributed by atoms with Crippen molar-refractivity contribution in [2.45, 2.75) is 33.2 Å². The second-order valence-corrected chi connectivity index (χ2v) is 8.26. The van der Waals surface area contributed by atoms with Crippen LogP contribution in [0.1, 0.15) is 30.5 Å². The number of carbonyl (C=O) groups excluding carboxylic acids is 2. The summed E-state index contributed by atoms with van der Waals surface area (Å²) in [6.07, 6.45) is 1.29. The summed E-state index contributed by atoms with van der Waals surface area (Å²) < 4.78 is 4.99. The topological polar surface area (TPSA) is 74.8 Å². The first-order valence-corrected chi connectivity index (χ1v) is 10.8. The number of aromatic nitrogens is 1. The van der Waals surface area contributed by atoms with Gasteiger partial charge in [0.25, 0.3) is 0 Å². The molecule has 29 heavy (non-hydrogen) atoms. The van der Waals surface area contributed by atoms with Crippen LogP contribution in [0.25, 0.3) is 0 Å². The predicted molar refractivity (Wildman–Crippen MR) is 115 cm³/mol. The van der Waals surface area contributed by atoms with Crippen molar-refractivity contribution in [3.63, 3.8) is 0 Å². The maximum absolute atomic E-state index is 12.6. The molecule has 156 valence electrons. The van der Waals surface area contributed by atoms with Gasteiger partial charge in [0, 0.05) is 36.3 Å². The number of hydrogen-bond acceptors (Lipinski definition) is 6. The van der Waals surface area contributed by atoms with Crippen molar-refractivity contribution in [1.82, 2.24) is 9.88 Å². The Balaban J connectivity index is 1.47. The summed E-state index contributed by atoms with van der Waals surface area (Å²) in [6, 6.07) is 7.21. The van der Waals surface area contributed by atoms with Gasteiger partial charge >= 0.3 is 6.09 Å². The Morgan fingerprint density at radius 3 is 2.55 bits per heavy atom. The van der Waals surface area contributed by atoms with Crippen molar-refractivity contribution in [3.05, 3.63) is 40.3 Å². The number of benzene rings is 1. The Morgan fingerprint density at radius 1 is 1.28 bits per heavy atom. The summed E-state index contributed by atoms with van der Waals surface area (Å²) in [5.74, 6) is 0.0750. The van der Waals surface area contributed by atoms with E-state index >= 15 is 0 Å². The van der Waals surface area contributed by atoms with Crippen LogP contribution in [-0.4, -0.2) is 48.6 Å². The van der Waals surface area contributed by atoms with Gasteiger partial charge in [-0.3, -0.25) is 14.6 Å². The van der Waals surface area contributed by atoms with Crippen molar-refractivity contribution in [1.29, 1.82) is 0 Å². The Kier molecular flexibility index (Phi) is 7.22. The highest BCUT2D eigenvalue weighted by molar-refractivity contribution is 7.09. The molecule has 3 rings (SSSR count). The molecule has 8 heteroatoms. The number of anilines is 2. The fraction of sp³-hybridized carbons (Fsp3) is 0.476. The van der Waals surface area contributed by atoms with E-state index in [2.05, 4.69) is 20.6 Å². The van der Waals surface area contributed by atoms with Gasteiger partial charge in [-0.2, -0.15) is 0 Å². The molecule has 0 aliphatic carbocycles. The first kappa shape index (κ1) is 21.3. The van der Waals surface area contributed by atoms with Crippen LogP contribution in [0.15, 0.2) is 29.6 Å². The van der Waals surface area contributed by atoms with E-state index in [4.69, 9.17) is 4.74 Å². The second kappa shape index (κ2) is 9.84. The lowest BCUT2D eigenvalue weighted by Gasteiger charge is -2.30. The third-order valence-electron chi connectivity index (χ3n) is 5.07. The molecule has 0 atom stereocenters. The molecule has 1 aromatic heterocycles. The summed E-state index contributed by atoms with van der Waals surface area (Å²) in [6.45, 7) is 6.78. The van der Waals surface area contributed by atoms with Gasteiger partial charge in [0.1, 0.15) is 0 Å². The van der Waals surface area contributed by atoms with E-state index in [1.165, 1.54) is 4.90 Å². The third kappa shape index (κ3) is 5.77. The molecule has 0 bridgehead atoms. The van der Waals surface area contributed by atoms with E-state index in [1.807, 2.05) is 19.1 Å². The van der Waals surface area contributed by atoms with Crippen LogP contribution in [0.5, 0.6) is 0 Å². The molecule has 1 N–H and O–H groups in total. The van der Waals surface area contributed by atoms with E-state index in [0.29, 0.717) is 12.3 Å². The van der Waals surface area contributed by atoms with E-state index in [0.717, 1.165) is 48.9 Å². The van der Waals surface area contributed by atoms with Crippen LogP contribution in [0.3, 0.4) is 0 Å². The van der Waals surface area contributed by atoms with Gasteiger partial charge in [-0.05, 0) is 64.0 Å². The van der Waals surface area contributed by atoms with E-state index in [9.17, 15) is 9.59 Å². The largest absolute Gasteiger partial charge is 0.449 e. The van der Waals surface area contributed by atoms with Gasteiger partial charge in [0.2, 0.25) is 5.91 Å². The summed E-state index contributed by atoms with van der Waals surface area (Å²) in [4.78, 5) is 32.7. The molecule has 1 aliphatic heterocycles. The van der Waals surface area contributed by atoms with Crippen molar-refractivity contribution in [3.8, 4) is 0 Å². The molecular weight excluding hydrogens is 388 g/mol. The molecular formula is C21H28N4O3S. The highest BCUT2D eigenvalue weighted by Crippen LogP contribution is 2.23. The molecule has 1 aliphatic rings. The maximum Gasteiger partial charge on any atom is 0.413 e. The lowest BCUT2D eigenvalue weighted by atomic mass is 9.95. The Morgan fingerprint density at radius 2 is 1.97 bits per heavy atom. The monoisotopic (exact) mass is 416 g/mol. The van der Waals surface area contributed by atoms with Crippen molar-refractivity contribution < 1.29 is 14.3 Å². The molecule has 0 saturated carbocycles. The third-order valence-corrected chi connectivity index (χ3v) is 5.90. The van der Waals surface area contributed by atoms with Crippen molar-refractivity contribution >= 4 is 34.7 Å². The number of nitrogens with zero attached hydrogens (tertiary/aromatic N) is 3. The smallest absolute Gasteiger partial charge is 0.413 e. The van der Waals surface area contributed by atoms with E-state index in [-0.39, 0.29) is 11.8 Å². The Labute approximate surface area is 175 Å². The van der Waals surface area contributed by atoms with Crippen LogP contribution < -0.4 is 10.2 Å². The average molecular weight is 417 g/mol. The highest BCUT2D eigenvalue weighted by atomic mass is 32.1. The minimum Gasteiger partial charge on any atom is -0.449 e. The van der Waals surface area contributed by atoms with E-state index < -0.39 is 6.09 Å². The van der Waals surface area contributed by atoms with Gasteiger partial charge in [-0.1, -0.05) is 0 Å². The van der Waals surface area contributed by atoms with Gasteiger partial charge in [-0.15, -0.1) is 11.3 Å². The number of thiazole rings is 1. The molecule has 2 amide bonds. The standard InChI is InChI=1S/C21H28N4O3S/c1-4-28-21(27)24(3)19-7-5-17(6-8-19)23-20(26)16-9-11-25(12-10-16)13-18-14-29-15(2)22-18/h5-8,14,16H,4,9-13H2,1-3H3,(H,23,26). The van der Waals surface area contributed by atoms with Crippen LogP contribution in [0.4, 0.5) is 16.2 Å². The Hall–Kier alpha value is -2.45. The van der Waals surface area contributed by atoms with Crippen molar-refractivity contribution in [2.75, 3.05) is 37.0 Å². The first-order valence-electron chi connectivity index (χ1n) is 9.91.